The molecule has 0 saturated heterocycles. The summed E-state index contributed by atoms with van der Waals surface area (Å²) in [5.41, 5.74) is 1.82. The first-order chi connectivity index (χ1) is 10.4. The van der Waals surface area contributed by atoms with Crippen LogP contribution >= 0.6 is 11.6 Å². The molecule has 0 radical (unpaired) electrons. The lowest BCUT2D eigenvalue weighted by molar-refractivity contribution is 0.566. The number of aryl methyl sites for hydroxylation is 1. The van der Waals surface area contributed by atoms with Crippen LogP contribution in [-0.4, -0.2) is 15.0 Å². The van der Waals surface area contributed by atoms with Crippen LogP contribution in [0.4, 0.5) is 0 Å². The Kier molecular flexibility index (Phi) is 4.02. The van der Waals surface area contributed by atoms with E-state index in [2.05, 4.69) is 4.72 Å². The molecule has 0 heterocycles. The molecule has 1 aliphatic rings. The molecule has 0 unspecified atom stereocenters. The minimum absolute atomic E-state index is 0.0830. The molecular weight excluding hydrogens is 318 g/mol. The molecule has 3 rings (SSSR count). The lowest BCUT2D eigenvalue weighted by atomic mass is 9.96. The summed E-state index contributed by atoms with van der Waals surface area (Å²) in [5.74, 6) is 0. The number of benzene rings is 2. The summed E-state index contributed by atoms with van der Waals surface area (Å²) in [6.07, 6.45) is 1.98. The normalized spacial score (nSPS) is 16.5. The van der Waals surface area contributed by atoms with Crippen molar-refractivity contribution in [3.63, 3.8) is 0 Å². The predicted octanol–water partition coefficient (Wildman–Crippen LogP) is 3.66. The average molecular weight is 336 g/mol. The quantitative estimate of drug-likeness (QED) is 0.906. The molecule has 0 amide bonds. The van der Waals surface area contributed by atoms with Gasteiger partial charge in [0.25, 0.3) is 0 Å². The van der Waals surface area contributed by atoms with Gasteiger partial charge in [0.1, 0.15) is 0 Å². The number of rotatable bonds is 5. The molecule has 1 fully saturated rings. The second-order valence-corrected chi connectivity index (χ2v) is 8.05. The second kappa shape index (κ2) is 5.69. The van der Waals surface area contributed by atoms with Crippen molar-refractivity contribution in [2.45, 2.75) is 30.1 Å². The van der Waals surface area contributed by atoms with Gasteiger partial charge in [-0.15, -0.1) is 0 Å². The first kappa shape index (κ1) is 15.5. The SMILES string of the molecule is Cc1ccccc1S(=O)(=O)NCC1(c2ccc(Cl)cc2)CC1. The molecule has 116 valence electrons. The van der Waals surface area contributed by atoms with E-state index in [9.17, 15) is 8.42 Å². The maximum Gasteiger partial charge on any atom is 0.240 e. The Morgan fingerprint density at radius 3 is 2.32 bits per heavy atom. The zero-order chi connectivity index (χ0) is 15.8. The van der Waals surface area contributed by atoms with Crippen molar-refractivity contribution in [2.24, 2.45) is 0 Å². The zero-order valence-corrected chi connectivity index (χ0v) is 13.9. The van der Waals surface area contributed by atoms with Gasteiger partial charge in [-0.3, -0.25) is 0 Å². The third kappa shape index (κ3) is 3.05. The summed E-state index contributed by atoms with van der Waals surface area (Å²) in [4.78, 5) is 0.349. The fraction of sp³-hybridized carbons (Fsp3) is 0.294. The molecule has 0 aliphatic heterocycles. The number of sulfonamides is 1. The molecule has 1 saturated carbocycles. The van der Waals surface area contributed by atoms with Crippen LogP contribution in [0, 0.1) is 6.92 Å². The molecular formula is C17H18ClNO2S. The van der Waals surface area contributed by atoms with E-state index in [1.165, 1.54) is 0 Å². The maximum absolute atomic E-state index is 12.5. The van der Waals surface area contributed by atoms with Crippen molar-refractivity contribution in [3.8, 4) is 0 Å². The van der Waals surface area contributed by atoms with E-state index in [1.54, 1.807) is 25.1 Å². The van der Waals surface area contributed by atoms with Gasteiger partial charge in [-0.25, -0.2) is 13.1 Å². The highest BCUT2D eigenvalue weighted by Gasteiger charge is 2.44. The Balaban J connectivity index is 1.77. The van der Waals surface area contributed by atoms with E-state index in [0.29, 0.717) is 16.5 Å². The van der Waals surface area contributed by atoms with Crippen LogP contribution in [0.1, 0.15) is 24.0 Å². The van der Waals surface area contributed by atoms with Gasteiger partial charge in [0.05, 0.1) is 4.90 Å². The summed E-state index contributed by atoms with van der Waals surface area (Å²) < 4.78 is 27.7. The largest absolute Gasteiger partial charge is 0.240 e. The van der Waals surface area contributed by atoms with Crippen LogP contribution in [0.2, 0.25) is 5.02 Å². The summed E-state index contributed by atoms with van der Waals surface area (Å²) in [6, 6.07) is 14.7. The minimum atomic E-state index is -3.48. The average Bonchev–Trinajstić information content (AvgIpc) is 3.27. The summed E-state index contributed by atoms with van der Waals surface area (Å²) in [6.45, 7) is 2.23. The molecule has 1 N–H and O–H groups in total. The smallest absolute Gasteiger partial charge is 0.210 e. The van der Waals surface area contributed by atoms with Crippen LogP contribution in [0.5, 0.6) is 0 Å². The van der Waals surface area contributed by atoms with Gasteiger partial charge in [0.15, 0.2) is 0 Å². The number of hydrogen-bond acceptors (Lipinski definition) is 2. The second-order valence-electron chi connectivity index (χ2n) is 5.88. The monoisotopic (exact) mass is 335 g/mol. The third-order valence-electron chi connectivity index (χ3n) is 4.29. The summed E-state index contributed by atoms with van der Waals surface area (Å²) >= 11 is 5.92. The lowest BCUT2D eigenvalue weighted by Gasteiger charge is -2.17. The zero-order valence-electron chi connectivity index (χ0n) is 12.3. The van der Waals surface area contributed by atoms with E-state index in [0.717, 1.165) is 24.0 Å². The van der Waals surface area contributed by atoms with Gasteiger partial charge in [0, 0.05) is 17.0 Å². The van der Waals surface area contributed by atoms with Gasteiger partial charge in [0.2, 0.25) is 10.0 Å². The van der Waals surface area contributed by atoms with Crippen molar-refractivity contribution < 1.29 is 8.42 Å². The van der Waals surface area contributed by atoms with E-state index in [1.807, 2.05) is 30.3 Å². The molecule has 5 heteroatoms. The maximum atomic E-state index is 12.5. The van der Waals surface area contributed by atoms with Gasteiger partial charge >= 0.3 is 0 Å². The van der Waals surface area contributed by atoms with Crippen molar-refractivity contribution >= 4 is 21.6 Å². The van der Waals surface area contributed by atoms with Crippen molar-refractivity contribution in [1.82, 2.24) is 4.72 Å². The fourth-order valence-corrected chi connectivity index (χ4v) is 4.19. The van der Waals surface area contributed by atoms with Crippen LogP contribution in [0.15, 0.2) is 53.4 Å². The highest BCUT2D eigenvalue weighted by molar-refractivity contribution is 7.89. The molecule has 3 nitrogen and oxygen atoms in total. The third-order valence-corrected chi connectivity index (χ3v) is 6.11. The summed E-state index contributed by atoms with van der Waals surface area (Å²) in [7, 11) is -3.48. The van der Waals surface area contributed by atoms with Crippen LogP contribution in [0.25, 0.3) is 0 Å². The van der Waals surface area contributed by atoms with Gasteiger partial charge < -0.3 is 0 Å². The predicted molar refractivity (Wildman–Crippen MR) is 88.7 cm³/mol. The first-order valence-electron chi connectivity index (χ1n) is 7.24. The van der Waals surface area contributed by atoms with Gasteiger partial charge in [-0.1, -0.05) is 41.9 Å². The molecule has 0 spiro atoms. The molecule has 1 aliphatic carbocycles. The lowest BCUT2D eigenvalue weighted by Crippen LogP contribution is -2.32. The van der Waals surface area contributed by atoms with Gasteiger partial charge in [-0.05, 0) is 49.1 Å². The Bertz CT molecular complexity index is 781. The Labute approximate surface area is 136 Å². The van der Waals surface area contributed by atoms with Crippen molar-refractivity contribution in [2.75, 3.05) is 6.54 Å². The van der Waals surface area contributed by atoms with E-state index in [4.69, 9.17) is 11.6 Å². The van der Waals surface area contributed by atoms with Crippen molar-refractivity contribution in [3.05, 3.63) is 64.7 Å². The molecule has 2 aromatic rings. The number of nitrogens with one attached hydrogen (secondary N) is 1. The highest BCUT2D eigenvalue weighted by atomic mass is 35.5. The van der Waals surface area contributed by atoms with E-state index in [-0.39, 0.29) is 5.41 Å². The topological polar surface area (TPSA) is 46.2 Å². The van der Waals surface area contributed by atoms with Crippen LogP contribution < -0.4 is 4.72 Å². The highest BCUT2D eigenvalue weighted by Crippen LogP contribution is 2.48. The number of halogens is 1. The molecule has 0 bridgehead atoms. The fourth-order valence-electron chi connectivity index (χ4n) is 2.69. The Morgan fingerprint density at radius 1 is 1.09 bits per heavy atom. The first-order valence-corrected chi connectivity index (χ1v) is 9.10. The van der Waals surface area contributed by atoms with Crippen LogP contribution in [0.3, 0.4) is 0 Å². The van der Waals surface area contributed by atoms with E-state index < -0.39 is 10.0 Å². The number of hydrogen-bond donors (Lipinski definition) is 1. The van der Waals surface area contributed by atoms with Gasteiger partial charge in [-0.2, -0.15) is 0 Å². The molecule has 22 heavy (non-hydrogen) atoms. The summed E-state index contributed by atoms with van der Waals surface area (Å²) in [5, 5.41) is 0.694. The molecule has 2 aromatic carbocycles. The minimum Gasteiger partial charge on any atom is -0.210 e. The van der Waals surface area contributed by atoms with Crippen LogP contribution in [-0.2, 0) is 15.4 Å². The van der Waals surface area contributed by atoms with Crippen molar-refractivity contribution in [1.29, 1.82) is 0 Å². The molecule has 0 aromatic heterocycles. The standard InChI is InChI=1S/C17H18ClNO2S/c1-13-4-2-3-5-16(13)22(20,21)19-12-17(10-11-17)14-6-8-15(18)9-7-14/h2-9,19H,10-12H2,1H3. The Morgan fingerprint density at radius 2 is 1.73 bits per heavy atom. The molecule has 0 atom stereocenters. The van der Waals surface area contributed by atoms with E-state index >= 15 is 0 Å². The Hall–Kier alpha value is -1.36.